The van der Waals surface area contributed by atoms with Gasteiger partial charge in [0.05, 0.1) is 118 Å². The molecule has 12 unspecified atom stereocenters. The van der Waals surface area contributed by atoms with E-state index < -0.39 is 98.2 Å². The molecule has 6 aliphatic rings. The number of nitrogens with zero attached hydrogens (tertiary/aromatic N) is 8. The fourth-order valence-corrected chi connectivity index (χ4v) is 10.9. The van der Waals surface area contributed by atoms with Crippen LogP contribution in [-0.2, 0) is 90.1 Å². The second-order valence-electron chi connectivity index (χ2n) is 25.1. The number of aldehydes is 1. The number of ether oxygens (including phenoxy) is 17. The van der Waals surface area contributed by atoms with E-state index >= 15 is 0 Å². The summed E-state index contributed by atoms with van der Waals surface area (Å²) in [6.45, 7) is 0.0725. The van der Waals surface area contributed by atoms with E-state index in [1.165, 1.54) is 18.7 Å². The number of fused-ring (bicyclic) bond motifs is 2. The number of aliphatic hydroxyl groups excluding tert-OH is 6. The van der Waals surface area contributed by atoms with Gasteiger partial charge in [0, 0.05) is 5.02 Å². The monoisotopic (exact) mass is 1800 g/mol. The molecule has 0 amide bonds. The third-order valence-electron chi connectivity index (χ3n) is 16.2. The summed E-state index contributed by atoms with van der Waals surface area (Å²) in [7, 11) is 0. The van der Waals surface area contributed by atoms with Crippen LogP contribution in [-0.4, -0.2) is 296 Å². The lowest BCUT2D eigenvalue weighted by atomic mass is 10.2. The Morgan fingerprint density at radius 1 is 0.463 bits per heavy atom. The maximum absolute atomic E-state index is 12.0. The summed E-state index contributed by atoms with van der Waals surface area (Å²) in [6.07, 6.45) is -4.37. The topological polar surface area (TPSA) is 583 Å². The minimum atomic E-state index is -1.09. The van der Waals surface area contributed by atoms with Crippen LogP contribution in [0.4, 0.5) is 17.7 Å². The zero-order chi connectivity index (χ0) is 88.6. The molecule has 123 heavy (non-hydrogen) atoms. The molecule has 10 heterocycles. The number of anilines is 3. The summed E-state index contributed by atoms with van der Waals surface area (Å²) in [6, 6.07) is 40.9. The van der Waals surface area contributed by atoms with Crippen molar-refractivity contribution in [1.29, 1.82) is 0 Å². The Kier molecular flexibility index (Phi) is 41.6. The Morgan fingerprint density at radius 3 is 1.28 bits per heavy atom. The number of esters is 5. The molecule has 0 bridgehead atoms. The zero-order valence-electron chi connectivity index (χ0n) is 64.9. The van der Waals surface area contributed by atoms with Gasteiger partial charge >= 0.3 is 35.8 Å². The van der Waals surface area contributed by atoms with Gasteiger partial charge in [0.2, 0.25) is 18.2 Å². The highest BCUT2D eigenvalue weighted by molar-refractivity contribution is 6.33. The number of rotatable bonds is 24. The number of nitrogens with two attached hydrogens (primary N) is 3. The molecule has 0 radical (unpaired) electrons. The van der Waals surface area contributed by atoms with Crippen LogP contribution < -0.4 is 17.2 Å². The summed E-state index contributed by atoms with van der Waals surface area (Å²) in [4.78, 5) is 103. The number of aliphatic hydroxyl groups is 6. The number of hydrogen-bond acceptors (Lipinski definition) is 39. The molecule has 13 N–H and O–H groups in total. The number of nitrogen functional groups attached to an aromatic ring is 3. The SMILES string of the molecule is Nc1nc(Cl)c2ncn(C3COC(COC(=O)c4ccccc4)O3)c2n1.Nc1nc(N)c2ncn(C3COC(CO)O3)c2n1.O=C(OCC1OCC(C(=O)O)O1)c1ccccc1.O=C(OCC1OCC(CO)O1)c1ccccc1.O=C(OCC1OCC(OC(=O)c2cccc(Cl)c2)O1)c1ccccc1.O=CCCl.OCC(O)CO.OCC1COC(CCl)O1. The van der Waals surface area contributed by atoms with E-state index in [0.717, 1.165) is 0 Å². The predicted molar refractivity (Wildman–Crippen MR) is 427 cm³/mol. The molecular formula is C77H87Cl4N11O31. The van der Waals surface area contributed by atoms with E-state index in [1.54, 1.807) is 137 Å². The van der Waals surface area contributed by atoms with E-state index in [-0.39, 0.29) is 127 Å². The van der Waals surface area contributed by atoms with Crippen LogP contribution in [0.25, 0.3) is 22.3 Å². The van der Waals surface area contributed by atoms with E-state index in [0.29, 0.717) is 87.2 Å². The number of aliphatic carboxylic acids is 1. The van der Waals surface area contributed by atoms with Crippen molar-refractivity contribution in [2.75, 3.05) is 128 Å². The van der Waals surface area contributed by atoms with Gasteiger partial charge in [-0.05, 0) is 66.7 Å². The molecule has 42 nitrogen and oxygen atoms in total. The number of aromatic nitrogens is 8. The minimum Gasteiger partial charge on any atom is -0.479 e. The van der Waals surface area contributed by atoms with Crippen molar-refractivity contribution in [2.45, 2.75) is 80.9 Å². The lowest BCUT2D eigenvalue weighted by Crippen LogP contribution is -2.25. The molecule has 0 saturated carbocycles. The number of carbonyl (C=O) groups is 7. The normalized spacial score (nSPS) is 21.5. The maximum atomic E-state index is 12.0. The second-order valence-corrected chi connectivity index (χ2v) is 26.5. The largest absolute Gasteiger partial charge is 0.479 e. The third kappa shape index (κ3) is 32.0. The Labute approximate surface area is 719 Å². The average molecular weight is 1800 g/mol. The Balaban J connectivity index is 0.000000182. The molecule has 15 rings (SSSR count). The number of carboxylic acids is 1. The van der Waals surface area contributed by atoms with Gasteiger partial charge in [0.15, 0.2) is 78.6 Å². The van der Waals surface area contributed by atoms with E-state index in [9.17, 15) is 28.8 Å². The number of imidazole rings is 2. The second kappa shape index (κ2) is 52.2. The smallest absolute Gasteiger partial charge is 0.340 e. The molecule has 6 fully saturated rings. The van der Waals surface area contributed by atoms with Crippen LogP contribution in [0.3, 0.4) is 0 Å². The van der Waals surface area contributed by atoms with E-state index in [2.05, 4.69) is 29.9 Å². The van der Waals surface area contributed by atoms with Crippen LogP contribution in [0.1, 0.15) is 64.2 Å². The van der Waals surface area contributed by atoms with Crippen molar-refractivity contribution < 1.29 is 150 Å². The third-order valence-corrected chi connectivity index (χ3v) is 17.1. The molecule has 6 aliphatic heterocycles. The summed E-state index contributed by atoms with van der Waals surface area (Å²) in [5, 5.41) is 59.6. The highest BCUT2D eigenvalue weighted by Crippen LogP contribution is 2.30. The average Bonchev–Trinajstić information content (AvgIpc) is 1.64. The maximum Gasteiger partial charge on any atom is 0.340 e. The molecule has 0 aliphatic carbocycles. The van der Waals surface area contributed by atoms with Gasteiger partial charge in [-0.3, -0.25) is 9.13 Å². The molecule has 12 atom stereocenters. The van der Waals surface area contributed by atoms with E-state index in [1.807, 2.05) is 12.1 Å². The molecule has 664 valence electrons. The van der Waals surface area contributed by atoms with Crippen LogP contribution in [0.15, 0.2) is 158 Å². The lowest BCUT2D eigenvalue weighted by molar-refractivity contribution is -0.152. The van der Waals surface area contributed by atoms with Crippen LogP contribution >= 0.6 is 46.4 Å². The number of hydrogen-bond donors (Lipinski definition) is 10. The van der Waals surface area contributed by atoms with Crippen LogP contribution in [0, 0.1) is 0 Å². The highest BCUT2D eigenvalue weighted by atomic mass is 35.5. The van der Waals surface area contributed by atoms with E-state index in [4.69, 9.17) is 185 Å². The van der Waals surface area contributed by atoms with Crippen molar-refractivity contribution >= 4 is 129 Å². The summed E-state index contributed by atoms with van der Waals surface area (Å²) in [5.41, 5.74) is 20.8. The van der Waals surface area contributed by atoms with Crippen molar-refractivity contribution in [3.05, 3.63) is 196 Å². The van der Waals surface area contributed by atoms with Crippen molar-refractivity contribution in [3.8, 4) is 0 Å². The van der Waals surface area contributed by atoms with Gasteiger partial charge in [0.1, 0.15) is 68.7 Å². The number of benzene rings is 5. The van der Waals surface area contributed by atoms with Crippen LogP contribution in [0.2, 0.25) is 10.2 Å². The Bertz CT molecular complexity index is 4730. The van der Waals surface area contributed by atoms with Gasteiger partial charge in [0.25, 0.3) is 0 Å². The molecule has 46 heteroatoms. The molecule has 9 aromatic rings. The fourth-order valence-electron chi connectivity index (χ4n) is 10.3. The predicted octanol–water partition coefficient (Wildman–Crippen LogP) is 3.66. The fraction of sp³-hybridized carbons (Fsp3) is 0.390. The number of halogens is 4. The Hall–Kier alpha value is -10.5. The van der Waals surface area contributed by atoms with Crippen molar-refractivity contribution in [1.82, 2.24) is 39.0 Å². The summed E-state index contributed by atoms with van der Waals surface area (Å²) < 4.78 is 92.0. The van der Waals surface area contributed by atoms with Gasteiger partial charge in [-0.2, -0.15) is 19.9 Å². The first-order valence-electron chi connectivity index (χ1n) is 36.9. The highest BCUT2D eigenvalue weighted by Gasteiger charge is 2.36. The molecular weight excluding hydrogens is 1720 g/mol. The van der Waals surface area contributed by atoms with Gasteiger partial charge in [-0.15, -0.1) is 23.2 Å². The minimum absolute atomic E-state index is 0.00733. The molecule has 0 spiro atoms. The van der Waals surface area contributed by atoms with Gasteiger partial charge in [-0.1, -0.05) is 102 Å². The van der Waals surface area contributed by atoms with Crippen molar-refractivity contribution in [2.24, 2.45) is 0 Å². The van der Waals surface area contributed by atoms with Gasteiger partial charge < -0.3 is 138 Å². The molecule has 6 saturated heterocycles. The first kappa shape index (κ1) is 98.0. The number of carboxylic acid groups (broad SMARTS) is 1. The number of alkyl halides is 2. The Morgan fingerprint density at radius 2 is 0.862 bits per heavy atom. The first-order chi connectivity index (χ1) is 59.5. The molecule has 5 aromatic carbocycles. The van der Waals surface area contributed by atoms with Gasteiger partial charge in [-0.25, -0.2) is 38.7 Å². The molecule has 4 aromatic heterocycles. The van der Waals surface area contributed by atoms with Crippen molar-refractivity contribution in [3.63, 3.8) is 0 Å². The number of carbonyl (C=O) groups excluding carboxylic acids is 6. The summed E-state index contributed by atoms with van der Waals surface area (Å²) in [5.74, 6) is -2.73. The lowest BCUT2D eigenvalue weighted by Gasteiger charge is -2.13. The first-order valence-corrected chi connectivity index (χ1v) is 38.7. The standard InChI is InChI=1S/C18H15ClO6.C16H14ClN5O4.C12H12O6.C12H14O5.C9H12N6O3.C5H9ClO3.C3H8O3.C2H3ClO/c19-14-8-4-7-13(9-14)18(21)25-16-11-22-15(24-16)10-23-17(20)12-5-2-1-3-6-12;17-13-12-14(21-16(18)20-13)22(8-19-12)10-6-24-11(26-10)7-25-15(23)9-4-2-1-3-5-9;13-11(14)9-6-16-10(18-9)7-17-12(15)8-4-2-1-3-5-8;13-6-10-7-15-11(17-10)8-16-12(14)9-4-2-1-3-5-9;10-7-6-8(14-9(11)13-7)15(3-12-6)4-2-17-5(1-16)18-4;6-1-5-8-3-4(2-7)9-5;4-1-3(6)2-5;3-1-2-4/h1-9,15-16H,10-11H2;1-5,8,10-11H,6-7H2,(H2,18,20,21);1-5,9-10H,6-7H2,(H,13,14);1-5,10-11,13H,6-8H2;3-5,16H,1-2H2,(H4,10,11,13,14);4-5,7H,1-3H2;3-6H,1-2H2;2H,1H2. The zero-order valence-corrected chi connectivity index (χ0v) is 67.9. The van der Waals surface area contributed by atoms with Crippen LogP contribution in [0.5, 0.6) is 0 Å². The quantitative estimate of drug-likeness (QED) is 0.0136. The summed E-state index contributed by atoms with van der Waals surface area (Å²) >= 11 is 22.1.